The van der Waals surface area contributed by atoms with Crippen molar-refractivity contribution in [3.8, 4) is 45.6 Å². The summed E-state index contributed by atoms with van der Waals surface area (Å²) in [6, 6.07) is 13.0. The van der Waals surface area contributed by atoms with E-state index in [1.54, 1.807) is 38.1 Å². The van der Waals surface area contributed by atoms with E-state index in [2.05, 4.69) is 0 Å². The lowest BCUT2D eigenvalue weighted by atomic mass is 9.74. The molecule has 47 heavy (non-hydrogen) atoms. The number of carbonyl (C=O) groups is 2. The van der Waals surface area contributed by atoms with Gasteiger partial charge in [-0.2, -0.15) is 0 Å². The number of methoxy groups -OCH3 is 4. The Bertz CT molecular complexity index is 1710. The summed E-state index contributed by atoms with van der Waals surface area (Å²) in [5.74, 6) is 0.302. The summed E-state index contributed by atoms with van der Waals surface area (Å²) in [6.07, 6.45) is 3.08. The van der Waals surface area contributed by atoms with Crippen LogP contribution in [0.3, 0.4) is 0 Å². The molecule has 1 aliphatic carbocycles. The molecule has 0 saturated heterocycles. The van der Waals surface area contributed by atoms with Crippen molar-refractivity contribution in [3.63, 3.8) is 0 Å². The number of fused-ring (bicyclic) bond motifs is 4. The average Bonchev–Trinajstić information content (AvgIpc) is 3.57. The molecule has 248 valence electrons. The minimum Gasteiger partial charge on any atom is -0.493 e. The molecule has 0 fully saturated rings. The fraction of sp³-hybridized carbons (Fsp3) is 0.351. The van der Waals surface area contributed by atoms with Crippen LogP contribution in [0.5, 0.6) is 34.5 Å². The Kier molecular flexibility index (Phi) is 9.98. The van der Waals surface area contributed by atoms with Gasteiger partial charge in [-0.3, -0.25) is 0 Å². The summed E-state index contributed by atoms with van der Waals surface area (Å²) in [5, 5.41) is 0. The molecule has 5 rings (SSSR count). The molecule has 0 amide bonds. The smallest absolute Gasteiger partial charge is 0.333 e. The molecule has 0 bridgehead atoms. The van der Waals surface area contributed by atoms with Crippen molar-refractivity contribution in [2.24, 2.45) is 11.8 Å². The van der Waals surface area contributed by atoms with Gasteiger partial charge in [0.2, 0.25) is 18.3 Å². The second-order valence-electron chi connectivity index (χ2n) is 11.3. The molecule has 1 aliphatic heterocycles. The van der Waals surface area contributed by atoms with Gasteiger partial charge in [-0.05, 0) is 37.6 Å². The third-order valence-electron chi connectivity index (χ3n) is 8.81. The highest BCUT2D eigenvalue weighted by molar-refractivity contribution is 5.92. The van der Waals surface area contributed by atoms with Gasteiger partial charge < -0.3 is 37.9 Å². The zero-order valence-electron chi connectivity index (χ0n) is 27.9. The van der Waals surface area contributed by atoms with Crippen LogP contribution in [0.1, 0.15) is 56.6 Å². The van der Waals surface area contributed by atoms with E-state index in [9.17, 15) is 9.59 Å². The summed E-state index contributed by atoms with van der Waals surface area (Å²) < 4.78 is 47.9. The van der Waals surface area contributed by atoms with E-state index in [1.165, 1.54) is 34.5 Å². The predicted molar refractivity (Wildman–Crippen MR) is 175 cm³/mol. The molecule has 0 N–H and O–H groups in total. The quantitative estimate of drug-likeness (QED) is 0.175. The van der Waals surface area contributed by atoms with Gasteiger partial charge in [-0.15, -0.1) is 0 Å². The van der Waals surface area contributed by atoms with E-state index in [0.717, 1.165) is 5.56 Å². The van der Waals surface area contributed by atoms with Crippen molar-refractivity contribution in [2.75, 3.05) is 35.2 Å². The first-order valence-corrected chi connectivity index (χ1v) is 15.3. The zero-order valence-corrected chi connectivity index (χ0v) is 27.9. The molecule has 3 aromatic rings. The molecule has 0 spiro atoms. The van der Waals surface area contributed by atoms with Crippen LogP contribution in [-0.4, -0.2) is 47.2 Å². The number of hydrogen-bond acceptors (Lipinski definition) is 10. The normalized spacial score (nSPS) is 20.0. The highest BCUT2D eigenvalue weighted by atomic mass is 16.7. The van der Waals surface area contributed by atoms with Crippen LogP contribution in [0.2, 0.25) is 0 Å². The van der Waals surface area contributed by atoms with E-state index in [4.69, 9.17) is 37.9 Å². The first-order chi connectivity index (χ1) is 22.7. The maximum atomic E-state index is 13.5. The molecule has 0 aromatic heterocycles. The lowest BCUT2D eigenvalue weighted by Gasteiger charge is -2.38. The first kappa shape index (κ1) is 33.2. The van der Waals surface area contributed by atoms with Crippen LogP contribution >= 0.6 is 0 Å². The molecule has 0 saturated carbocycles. The second-order valence-corrected chi connectivity index (χ2v) is 11.3. The summed E-state index contributed by atoms with van der Waals surface area (Å²) in [5.41, 5.74) is 3.48. The maximum Gasteiger partial charge on any atom is 0.333 e. The van der Waals surface area contributed by atoms with Gasteiger partial charge in [0.1, 0.15) is 12.2 Å². The topological polar surface area (TPSA) is 108 Å². The number of allylic oxidation sites excluding steroid dienone is 1. The molecular formula is C37H40O10. The maximum absolute atomic E-state index is 13.5. The van der Waals surface area contributed by atoms with Crippen LogP contribution in [0.4, 0.5) is 0 Å². The number of hydrogen-bond donors (Lipinski definition) is 0. The second kappa shape index (κ2) is 14.1. The Morgan fingerprint density at radius 2 is 1.40 bits per heavy atom. The van der Waals surface area contributed by atoms with E-state index >= 15 is 0 Å². The predicted octanol–water partition coefficient (Wildman–Crippen LogP) is 7.25. The molecule has 4 atom stereocenters. The van der Waals surface area contributed by atoms with E-state index in [-0.39, 0.29) is 6.79 Å². The molecule has 0 radical (unpaired) electrons. The summed E-state index contributed by atoms with van der Waals surface area (Å²) in [6.45, 7) is 7.36. The van der Waals surface area contributed by atoms with Gasteiger partial charge in [0.05, 0.1) is 28.4 Å². The van der Waals surface area contributed by atoms with E-state index < -0.39 is 36.0 Å². The van der Waals surface area contributed by atoms with Gasteiger partial charge >= 0.3 is 11.9 Å². The highest BCUT2D eigenvalue weighted by Crippen LogP contribution is 2.60. The zero-order chi connectivity index (χ0) is 33.8. The summed E-state index contributed by atoms with van der Waals surface area (Å²) in [7, 11) is 6.06. The van der Waals surface area contributed by atoms with Gasteiger partial charge in [-0.25, -0.2) is 9.59 Å². The van der Waals surface area contributed by atoms with Crippen LogP contribution in [-0.2, 0) is 19.1 Å². The molecule has 0 unspecified atom stereocenters. The number of carbonyl (C=O) groups excluding carboxylic acids is 2. The Morgan fingerprint density at radius 3 is 2.02 bits per heavy atom. The van der Waals surface area contributed by atoms with Crippen LogP contribution in [0.15, 0.2) is 60.2 Å². The number of rotatable bonds is 9. The van der Waals surface area contributed by atoms with E-state index in [0.29, 0.717) is 62.3 Å². The SMILES string of the molecule is C/C=C(\C)C(=O)O[C@H]1c2cc3c(c(OC)c2-c2c(cc(OC)c(OC)c2OC)[C@H](OC(=O)/C=C/c2ccccc2)[C@@H](C)[C@H]1C)OCO3. The van der Waals surface area contributed by atoms with Crippen molar-refractivity contribution in [1.29, 1.82) is 0 Å². The van der Waals surface area contributed by atoms with Gasteiger partial charge in [0.25, 0.3) is 0 Å². The lowest BCUT2D eigenvalue weighted by Crippen LogP contribution is -2.31. The molecule has 10 heteroatoms. The van der Waals surface area contributed by atoms with Gasteiger partial charge in [-0.1, -0.05) is 50.3 Å². The monoisotopic (exact) mass is 644 g/mol. The average molecular weight is 645 g/mol. The summed E-state index contributed by atoms with van der Waals surface area (Å²) in [4.78, 5) is 26.9. The fourth-order valence-electron chi connectivity index (χ4n) is 6.04. The number of esters is 2. The molecule has 3 aromatic carbocycles. The van der Waals surface area contributed by atoms with Crippen LogP contribution in [0.25, 0.3) is 17.2 Å². The van der Waals surface area contributed by atoms with E-state index in [1.807, 2.05) is 44.2 Å². The van der Waals surface area contributed by atoms with Crippen LogP contribution < -0.4 is 28.4 Å². The summed E-state index contributed by atoms with van der Waals surface area (Å²) >= 11 is 0. The molecular weight excluding hydrogens is 604 g/mol. The Hall–Kier alpha value is -5.12. The van der Waals surface area contributed by atoms with Crippen molar-refractivity contribution < 1.29 is 47.5 Å². The lowest BCUT2D eigenvalue weighted by molar-refractivity contribution is -0.155. The minimum atomic E-state index is -0.867. The molecule has 1 heterocycles. The van der Waals surface area contributed by atoms with Gasteiger partial charge in [0.15, 0.2) is 23.0 Å². The first-order valence-electron chi connectivity index (χ1n) is 15.3. The Balaban J connectivity index is 1.83. The number of benzene rings is 3. The largest absolute Gasteiger partial charge is 0.493 e. The standard InChI is InChI=1S/C37H40O10/c1-9-20(2)37(39)47-32-22(4)21(3)31(46-28(38)16-15-23-13-11-10-12-14-23)24-17-26(40-5)33(41-6)35(42-7)29(24)30-25(32)18-27-34(36(30)43-8)45-19-44-27/h9-18,21-22,31-32H,19H2,1-8H3/b16-15+,20-9+/t21-,22+,31+,32+/m0/s1. The highest BCUT2D eigenvalue weighted by Gasteiger charge is 2.44. The van der Waals surface area contributed by atoms with Crippen molar-refractivity contribution in [2.45, 2.75) is 39.9 Å². The van der Waals surface area contributed by atoms with Gasteiger partial charge in [0, 0.05) is 45.7 Å². The van der Waals surface area contributed by atoms with Crippen molar-refractivity contribution >= 4 is 18.0 Å². The Morgan fingerprint density at radius 1 is 0.787 bits per heavy atom. The third kappa shape index (κ3) is 6.19. The fourth-order valence-corrected chi connectivity index (χ4v) is 6.04. The third-order valence-corrected chi connectivity index (χ3v) is 8.81. The van der Waals surface area contributed by atoms with Crippen molar-refractivity contribution in [1.82, 2.24) is 0 Å². The Labute approximate surface area is 274 Å². The minimum absolute atomic E-state index is 0.0212. The van der Waals surface area contributed by atoms with Crippen molar-refractivity contribution in [3.05, 3.63) is 76.9 Å². The van der Waals surface area contributed by atoms with Crippen LogP contribution in [0, 0.1) is 11.8 Å². The number of ether oxygens (including phenoxy) is 8. The molecule has 10 nitrogen and oxygen atoms in total. The molecule has 2 aliphatic rings.